The molecule has 0 saturated carbocycles. The molecule has 68 heavy (non-hydrogen) atoms. The summed E-state index contributed by atoms with van der Waals surface area (Å²) >= 11 is 0. The van der Waals surface area contributed by atoms with Crippen molar-refractivity contribution in [3.63, 3.8) is 0 Å². The van der Waals surface area contributed by atoms with Crippen molar-refractivity contribution >= 4 is 0 Å². The summed E-state index contributed by atoms with van der Waals surface area (Å²) in [5.74, 6) is -172. The molecular weight excluding hydrogens is 1120 g/mol. The van der Waals surface area contributed by atoms with Gasteiger partial charge in [0.1, 0.15) is 5.92 Å². The second-order valence-corrected chi connectivity index (χ2v) is 12.7. The molecule has 0 aromatic rings. The quantitative estimate of drug-likeness (QED) is 0.113. The van der Waals surface area contributed by atoms with E-state index in [1.807, 2.05) is 0 Å². The highest BCUT2D eigenvalue weighted by molar-refractivity contribution is 5.30. The number of halogens is 44. The van der Waals surface area contributed by atoms with Gasteiger partial charge in [-0.1, -0.05) is 0 Å². The van der Waals surface area contributed by atoms with E-state index >= 15 is 17.6 Å². The molecule has 0 aliphatic rings. The molecule has 0 N–H and O–H groups in total. The van der Waals surface area contributed by atoms with Crippen LogP contribution in [0.25, 0.3) is 0 Å². The van der Waals surface area contributed by atoms with Crippen LogP contribution in [-0.4, -0.2) is 119 Å². The molecule has 44 heteroatoms. The minimum Gasteiger partial charge on any atom is -0.199 e. The Morgan fingerprint density at radius 1 is 0.235 bits per heavy atom. The van der Waals surface area contributed by atoms with Crippen LogP contribution in [0, 0.1) is 18.3 Å². The first-order valence-electron chi connectivity index (χ1n) is 14.5. The number of rotatable bonds is 19. The summed E-state index contributed by atoms with van der Waals surface area (Å²) in [5.41, 5.74) is 0. The van der Waals surface area contributed by atoms with Crippen LogP contribution in [0.5, 0.6) is 0 Å². The molecule has 0 amide bonds. The molecule has 0 spiro atoms. The van der Waals surface area contributed by atoms with Gasteiger partial charge in [-0.25, -0.2) is 0 Å². The Bertz CT molecular complexity index is 1680. The fourth-order valence-electron chi connectivity index (χ4n) is 4.25. The lowest BCUT2D eigenvalue weighted by molar-refractivity contribution is -0.450. The van der Waals surface area contributed by atoms with Crippen molar-refractivity contribution in [2.45, 2.75) is 126 Å². The van der Waals surface area contributed by atoms with Gasteiger partial charge in [-0.2, -0.15) is 193 Å². The molecule has 0 aromatic heterocycles. The summed E-state index contributed by atoms with van der Waals surface area (Å²) < 4.78 is 601. The monoisotopic (exact) mass is 1130 g/mol. The molecule has 0 saturated heterocycles. The van der Waals surface area contributed by atoms with Crippen LogP contribution in [0.2, 0.25) is 0 Å². The van der Waals surface area contributed by atoms with Crippen LogP contribution in [0.15, 0.2) is 0 Å². The molecule has 0 nitrogen and oxygen atoms in total. The van der Waals surface area contributed by atoms with Crippen molar-refractivity contribution in [2.24, 2.45) is 5.92 Å². The Morgan fingerprint density at radius 2 is 0.426 bits per heavy atom. The van der Waals surface area contributed by atoms with Gasteiger partial charge in [0, 0.05) is 12.3 Å². The zero-order valence-corrected chi connectivity index (χ0v) is 29.0. The zero-order chi connectivity index (χ0) is 56.6. The molecule has 2 radical (unpaired) electrons. The van der Waals surface area contributed by atoms with Crippen LogP contribution in [0.3, 0.4) is 0 Å². The molecule has 0 rings (SSSR count). The van der Waals surface area contributed by atoms with E-state index in [4.69, 9.17) is 0 Å². The lowest BCUT2D eigenvalue weighted by atomic mass is 9.72. The summed E-state index contributed by atoms with van der Waals surface area (Å²) in [4.78, 5) is 0. The van der Waals surface area contributed by atoms with Gasteiger partial charge in [0.05, 0.1) is 0 Å². The molecule has 0 aliphatic heterocycles. The Balaban J connectivity index is 9.59. The van der Waals surface area contributed by atoms with Crippen LogP contribution < -0.4 is 0 Å². The zero-order valence-electron chi connectivity index (χ0n) is 29.0. The molecule has 408 valence electrons. The first kappa shape index (κ1) is 64.9. The smallest absolute Gasteiger partial charge is 0.199 e. The Morgan fingerprint density at radius 3 is 0.647 bits per heavy atom. The van der Waals surface area contributed by atoms with Crippen molar-refractivity contribution in [2.75, 3.05) is 0 Å². The Kier molecular flexibility index (Phi) is 15.5. The fraction of sp³-hybridized carbons (Fsp3) is 0.917. The molecule has 0 heterocycles. The highest BCUT2D eigenvalue weighted by atomic mass is 19.5. The molecule has 1 unspecified atom stereocenters. The fourth-order valence-corrected chi connectivity index (χ4v) is 4.25. The van der Waals surface area contributed by atoms with Crippen molar-refractivity contribution in [1.82, 2.24) is 0 Å². The van der Waals surface area contributed by atoms with Crippen molar-refractivity contribution < 1.29 is 193 Å². The first-order chi connectivity index (χ1) is 28.4. The van der Waals surface area contributed by atoms with Gasteiger partial charge < -0.3 is 0 Å². The maximum atomic E-state index is 15.1. The van der Waals surface area contributed by atoms with E-state index in [1.54, 1.807) is 0 Å². The van der Waals surface area contributed by atoms with E-state index in [2.05, 4.69) is 0 Å². The molecular formula is C24H4F44. The molecule has 0 fully saturated rings. The predicted molar refractivity (Wildman–Crippen MR) is 119 cm³/mol. The summed E-state index contributed by atoms with van der Waals surface area (Å²) in [7, 11) is 0. The number of hydrogen-bond acceptors (Lipinski definition) is 0. The van der Waals surface area contributed by atoms with E-state index in [0.29, 0.717) is 0 Å². The average Bonchev–Trinajstić information content (AvgIpc) is 3.06. The molecule has 0 bridgehead atoms. The van der Waals surface area contributed by atoms with Gasteiger partial charge in [-0.3, -0.25) is 0 Å². The third-order valence-corrected chi connectivity index (χ3v) is 8.26. The summed E-state index contributed by atoms with van der Waals surface area (Å²) in [5, 5.41) is 0. The van der Waals surface area contributed by atoms with E-state index in [9.17, 15) is 176 Å². The normalized spacial score (nSPS) is 17.6. The van der Waals surface area contributed by atoms with Gasteiger partial charge in [0.2, 0.25) is 0 Å². The van der Waals surface area contributed by atoms with Gasteiger partial charge in [-0.15, -0.1) is 0 Å². The Hall–Kier alpha value is -3.08. The third-order valence-electron chi connectivity index (χ3n) is 8.26. The largest absolute Gasteiger partial charge is 0.460 e. The minimum atomic E-state index is -10.5. The van der Waals surface area contributed by atoms with Gasteiger partial charge in [-0.05, 0) is 6.42 Å². The number of alkyl halides is 44. The standard InChI is InChI=1S/C24H4F44/c25-5(26,9(33,34)17(49,50)21(57,58)59)2-3(6(27,28)10(35,36)18(51,52)22(60,61)62)1-4(7(29,30)11(37,38)13(41,42)15(45,46)19(53,54)23(63,64)65)8(31,32)12(39,40)14(43,44)16(47,48)20(55,56)24(66,67)68/h2-3H,1H2. The Labute approximate surface area is 338 Å². The van der Waals surface area contributed by atoms with Crippen LogP contribution >= 0.6 is 0 Å². The summed E-state index contributed by atoms with van der Waals surface area (Å²) in [6.45, 7) is 0. The highest BCUT2D eigenvalue weighted by Gasteiger charge is 2.97. The van der Waals surface area contributed by atoms with Crippen LogP contribution in [-0.2, 0) is 0 Å². The van der Waals surface area contributed by atoms with Crippen LogP contribution in [0.4, 0.5) is 193 Å². The average molecular weight is 1130 g/mol. The summed E-state index contributed by atoms with van der Waals surface area (Å²) in [6.07, 6.45) is -46.0. The lowest BCUT2D eigenvalue weighted by Crippen LogP contribution is -2.75. The summed E-state index contributed by atoms with van der Waals surface area (Å²) in [6, 6.07) is 0. The molecule has 0 aromatic carbocycles. The maximum absolute atomic E-state index is 15.1. The van der Waals surface area contributed by atoms with E-state index < -0.39 is 144 Å². The van der Waals surface area contributed by atoms with Gasteiger partial charge in [0.25, 0.3) is 0 Å². The minimum absolute atomic E-state index is 4.40. The molecule has 1 atom stereocenters. The van der Waals surface area contributed by atoms with Gasteiger partial charge in [0.15, 0.2) is 0 Å². The topological polar surface area (TPSA) is 0 Å². The molecule has 0 aliphatic carbocycles. The van der Waals surface area contributed by atoms with Gasteiger partial charge >= 0.3 is 119 Å². The van der Waals surface area contributed by atoms with Crippen molar-refractivity contribution in [3.05, 3.63) is 12.3 Å². The van der Waals surface area contributed by atoms with Crippen LogP contribution in [0.1, 0.15) is 6.42 Å². The predicted octanol–water partition coefficient (Wildman–Crippen LogP) is 15.2. The van der Waals surface area contributed by atoms with E-state index in [0.717, 1.165) is 0 Å². The van der Waals surface area contributed by atoms with E-state index in [1.165, 1.54) is 0 Å². The van der Waals surface area contributed by atoms with Crippen molar-refractivity contribution in [1.29, 1.82) is 0 Å². The first-order valence-corrected chi connectivity index (χ1v) is 14.5. The second kappa shape index (κ2) is 16.2. The SMILES string of the molecule is FC(F)(F)C(F)(F)C(F)(F)C(F)(F)[CH]C(C[C](C(F)(F)C(F)(F)C(F)(F)C(F)(F)C(F)(F)C(F)(F)F)C(F)(F)C(F)(F)C(F)(F)C(F)(F)C(F)(F)C(F)(F)F)C(F)(F)C(F)(F)C(F)(F)C(F)(F)F. The lowest BCUT2D eigenvalue weighted by Gasteiger charge is -2.47. The van der Waals surface area contributed by atoms with E-state index in [-0.39, 0.29) is 0 Å². The van der Waals surface area contributed by atoms with Crippen molar-refractivity contribution in [3.8, 4) is 0 Å². The number of hydrogen-bond donors (Lipinski definition) is 0. The second-order valence-electron chi connectivity index (χ2n) is 12.7. The highest BCUT2D eigenvalue weighted by Crippen LogP contribution is 2.70. The third kappa shape index (κ3) is 8.56. The maximum Gasteiger partial charge on any atom is 0.460 e.